The molecule has 3 heteroatoms. The van der Waals surface area contributed by atoms with Crippen LogP contribution in [-0.4, -0.2) is 23.8 Å². The molecular formula is C11H16N2S. The van der Waals surface area contributed by atoms with Gasteiger partial charge >= 0.3 is 0 Å². The van der Waals surface area contributed by atoms with Crippen molar-refractivity contribution in [3.63, 3.8) is 0 Å². The first-order valence-corrected chi connectivity index (χ1v) is 6.14. The summed E-state index contributed by atoms with van der Waals surface area (Å²) in [4.78, 5) is 2.22. The second-order valence-electron chi connectivity index (χ2n) is 3.77. The average Bonchev–Trinajstić information content (AvgIpc) is 2.69. The summed E-state index contributed by atoms with van der Waals surface area (Å²) < 4.78 is 0. The number of nitrogens with one attached hydrogen (secondary N) is 1. The van der Waals surface area contributed by atoms with E-state index in [-0.39, 0.29) is 0 Å². The van der Waals surface area contributed by atoms with Gasteiger partial charge in [0.2, 0.25) is 0 Å². The van der Waals surface area contributed by atoms with E-state index in [0.717, 1.165) is 31.8 Å². The fourth-order valence-corrected chi connectivity index (χ4v) is 2.54. The molecule has 0 atom stereocenters. The Labute approximate surface area is 89.1 Å². The normalized spacial score (nSPS) is 17.4. The number of thiophene rings is 1. The molecule has 1 aromatic rings. The largest absolute Gasteiger partial charge is 0.360 e. The van der Waals surface area contributed by atoms with Crippen molar-refractivity contribution in [3.05, 3.63) is 22.4 Å². The molecule has 0 bridgehead atoms. The van der Waals surface area contributed by atoms with Crippen LogP contribution < -0.4 is 0 Å². The van der Waals surface area contributed by atoms with Gasteiger partial charge in [-0.2, -0.15) is 11.3 Å². The summed E-state index contributed by atoms with van der Waals surface area (Å²) in [6.45, 7) is 2.11. The van der Waals surface area contributed by atoms with Crippen LogP contribution in [-0.2, 0) is 6.42 Å². The van der Waals surface area contributed by atoms with Gasteiger partial charge in [0.1, 0.15) is 0 Å². The van der Waals surface area contributed by atoms with Crippen molar-refractivity contribution in [3.8, 4) is 0 Å². The molecule has 2 rings (SSSR count). The fourth-order valence-electron chi connectivity index (χ4n) is 1.83. The van der Waals surface area contributed by atoms with E-state index >= 15 is 0 Å². The standard InChI is InChI=1S/C11H16N2S/c12-11-3-1-2-6-13(11)7-4-10-5-8-14-9-10/h5,8-9,12H,1-4,6-7H2. The second-order valence-corrected chi connectivity index (χ2v) is 4.55. The van der Waals surface area contributed by atoms with Crippen molar-refractivity contribution in [2.45, 2.75) is 25.7 Å². The van der Waals surface area contributed by atoms with Crippen LogP contribution >= 0.6 is 11.3 Å². The molecule has 1 saturated heterocycles. The fraction of sp³-hybridized carbons (Fsp3) is 0.545. The maximum absolute atomic E-state index is 7.80. The van der Waals surface area contributed by atoms with E-state index in [1.54, 1.807) is 11.3 Å². The Morgan fingerprint density at radius 1 is 1.43 bits per heavy atom. The minimum atomic E-state index is 0.839. The quantitative estimate of drug-likeness (QED) is 0.812. The molecule has 1 aromatic heterocycles. The molecule has 1 aliphatic heterocycles. The Morgan fingerprint density at radius 2 is 2.36 bits per heavy atom. The first-order chi connectivity index (χ1) is 6.86. The lowest BCUT2D eigenvalue weighted by Gasteiger charge is -2.29. The highest BCUT2D eigenvalue weighted by molar-refractivity contribution is 7.07. The van der Waals surface area contributed by atoms with Gasteiger partial charge in [0, 0.05) is 19.5 Å². The molecule has 0 aliphatic carbocycles. The summed E-state index contributed by atoms with van der Waals surface area (Å²) in [5.74, 6) is 0.839. The monoisotopic (exact) mass is 208 g/mol. The third-order valence-electron chi connectivity index (χ3n) is 2.72. The zero-order valence-corrected chi connectivity index (χ0v) is 9.15. The van der Waals surface area contributed by atoms with Crippen molar-refractivity contribution in [2.24, 2.45) is 0 Å². The Bertz CT molecular complexity index is 292. The minimum absolute atomic E-state index is 0.839. The Kier molecular flexibility index (Phi) is 3.19. The smallest absolute Gasteiger partial charge is 0.0957 e. The molecule has 0 spiro atoms. The van der Waals surface area contributed by atoms with Crippen molar-refractivity contribution < 1.29 is 0 Å². The average molecular weight is 208 g/mol. The molecule has 0 unspecified atom stereocenters. The number of nitrogens with zero attached hydrogens (tertiary/aromatic N) is 1. The molecule has 0 amide bonds. The summed E-state index contributed by atoms with van der Waals surface area (Å²) in [6.07, 6.45) is 4.52. The predicted molar refractivity (Wildman–Crippen MR) is 61.2 cm³/mol. The van der Waals surface area contributed by atoms with Gasteiger partial charge in [0.15, 0.2) is 0 Å². The van der Waals surface area contributed by atoms with E-state index in [4.69, 9.17) is 5.41 Å². The molecule has 0 saturated carbocycles. The summed E-state index contributed by atoms with van der Waals surface area (Å²) in [6, 6.07) is 2.18. The zero-order chi connectivity index (χ0) is 9.80. The zero-order valence-electron chi connectivity index (χ0n) is 8.33. The van der Waals surface area contributed by atoms with Crippen LogP contribution in [0.4, 0.5) is 0 Å². The molecule has 0 aromatic carbocycles. The molecule has 2 nitrogen and oxygen atoms in total. The van der Waals surface area contributed by atoms with Crippen molar-refractivity contribution in [1.82, 2.24) is 4.90 Å². The van der Waals surface area contributed by atoms with Crippen LogP contribution in [0.15, 0.2) is 16.8 Å². The van der Waals surface area contributed by atoms with Crippen LogP contribution in [0.25, 0.3) is 0 Å². The molecular weight excluding hydrogens is 192 g/mol. The third-order valence-corrected chi connectivity index (χ3v) is 3.46. The number of amidine groups is 1. The first-order valence-electron chi connectivity index (χ1n) is 5.20. The van der Waals surface area contributed by atoms with E-state index in [9.17, 15) is 0 Å². The maximum atomic E-state index is 7.80. The van der Waals surface area contributed by atoms with Gasteiger partial charge < -0.3 is 4.90 Å². The van der Waals surface area contributed by atoms with Crippen LogP contribution in [0, 0.1) is 5.41 Å². The minimum Gasteiger partial charge on any atom is -0.360 e. The van der Waals surface area contributed by atoms with Crippen LogP contribution in [0.2, 0.25) is 0 Å². The highest BCUT2D eigenvalue weighted by atomic mass is 32.1. The number of rotatable bonds is 3. The van der Waals surface area contributed by atoms with Crippen molar-refractivity contribution >= 4 is 17.2 Å². The Hall–Kier alpha value is -0.830. The molecule has 1 N–H and O–H groups in total. The lowest BCUT2D eigenvalue weighted by molar-refractivity contribution is 0.371. The SMILES string of the molecule is N=C1CCCCN1CCc1ccsc1. The first kappa shape index (κ1) is 9.71. The molecule has 1 fully saturated rings. The van der Waals surface area contributed by atoms with Crippen molar-refractivity contribution in [2.75, 3.05) is 13.1 Å². The van der Waals surface area contributed by atoms with Crippen molar-refractivity contribution in [1.29, 1.82) is 5.41 Å². The summed E-state index contributed by atoms with van der Waals surface area (Å²) in [7, 11) is 0. The van der Waals surface area contributed by atoms with Gasteiger partial charge in [-0.15, -0.1) is 0 Å². The van der Waals surface area contributed by atoms with E-state index in [0.29, 0.717) is 0 Å². The number of hydrogen-bond donors (Lipinski definition) is 1. The third kappa shape index (κ3) is 2.35. The van der Waals surface area contributed by atoms with E-state index in [2.05, 4.69) is 21.7 Å². The molecule has 76 valence electrons. The summed E-state index contributed by atoms with van der Waals surface area (Å²) in [5.41, 5.74) is 1.41. The summed E-state index contributed by atoms with van der Waals surface area (Å²) in [5, 5.41) is 12.1. The Balaban J connectivity index is 1.82. The lowest BCUT2D eigenvalue weighted by Crippen LogP contribution is -2.36. The van der Waals surface area contributed by atoms with Crippen LogP contribution in [0.1, 0.15) is 24.8 Å². The highest BCUT2D eigenvalue weighted by Gasteiger charge is 2.13. The topological polar surface area (TPSA) is 27.1 Å². The second kappa shape index (κ2) is 4.60. The summed E-state index contributed by atoms with van der Waals surface area (Å²) >= 11 is 1.75. The number of likely N-dealkylation sites (tertiary alicyclic amines) is 1. The maximum Gasteiger partial charge on any atom is 0.0957 e. The van der Waals surface area contributed by atoms with Gasteiger partial charge in [-0.3, -0.25) is 5.41 Å². The van der Waals surface area contributed by atoms with Crippen LogP contribution in [0.5, 0.6) is 0 Å². The van der Waals surface area contributed by atoms with E-state index in [1.165, 1.54) is 18.4 Å². The molecule has 2 heterocycles. The van der Waals surface area contributed by atoms with Gasteiger partial charge in [-0.1, -0.05) is 0 Å². The van der Waals surface area contributed by atoms with Gasteiger partial charge in [-0.25, -0.2) is 0 Å². The number of piperidine rings is 1. The molecule has 0 radical (unpaired) electrons. The molecule has 14 heavy (non-hydrogen) atoms. The van der Waals surface area contributed by atoms with Gasteiger partial charge in [0.05, 0.1) is 5.84 Å². The molecule has 1 aliphatic rings. The number of hydrogen-bond acceptors (Lipinski definition) is 2. The van der Waals surface area contributed by atoms with Crippen LogP contribution in [0.3, 0.4) is 0 Å². The lowest BCUT2D eigenvalue weighted by atomic mass is 10.1. The highest BCUT2D eigenvalue weighted by Crippen LogP contribution is 2.13. The van der Waals surface area contributed by atoms with Gasteiger partial charge in [0.25, 0.3) is 0 Å². The Morgan fingerprint density at radius 3 is 3.07 bits per heavy atom. The van der Waals surface area contributed by atoms with Gasteiger partial charge in [-0.05, 0) is 41.7 Å². The predicted octanol–water partition coefficient (Wildman–Crippen LogP) is 2.75. The van der Waals surface area contributed by atoms with E-state index < -0.39 is 0 Å². The van der Waals surface area contributed by atoms with E-state index in [1.807, 2.05) is 0 Å².